The summed E-state index contributed by atoms with van der Waals surface area (Å²) in [4.78, 5) is 11.8. The highest BCUT2D eigenvalue weighted by atomic mass is 16.1. The van der Waals surface area contributed by atoms with Gasteiger partial charge in [-0.1, -0.05) is 383 Å². The molecule has 1 heteroatoms. The monoisotopic (exact) mass is 927 g/mol. The van der Waals surface area contributed by atoms with Crippen molar-refractivity contribution in [2.24, 2.45) is 0 Å². The van der Waals surface area contributed by atoms with Gasteiger partial charge in [0, 0.05) is 11.1 Å². The molecule has 1 aliphatic carbocycles. The molecule has 1 nitrogen and oxygen atoms in total. The molecule has 68 heavy (non-hydrogen) atoms. The molecule has 7 aromatic carbocycles. The van der Waals surface area contributed by atoms with Crippen LogP contribution in [-0.2, 0) is 0 Å². The predicted octanol–water partition coefficient (Wildman–Crippen LogP) is 23.4. The van der Waals surface area contributed by atoms with Gasteiger partial charge in [-0.25, -0.2) is 0 Å². The Labute approximate surface area is 424 Å². The molecule has 0 heterocycles. The Morgan fingerprint density at radius 2 is 0.368 bits per heavy atom. The first kappa shape index (κ1) is 76.7. The second kappa shape index (κ2) is 73.1. The molecule has 0 radical (unpaired) electrons. The van der Waals surface area contributed by atoms with Gasteiger partial charge >= 0.3 is 0 Å². The van der Waals surface area contributed by atoms with Crippen LogP contribution in [0.1, 0.15) is 193 Å². The van der Waals surface area contributed by atoms with Crippen LogP contribution in [-0.4, -0.2) is 5.78 Å². The molecule has 0 spiro atoms. The summed E-state index contributed by atoms with van der Waals surface area (Å²) >= 11 is 0. The van der Waals surface area contributed by atoms with Crippen molar-refractivity contribution in [2.45, 2.75) is 177 Å². The molecule has 0 N–H and O–H groups in total. The summed E-state index contributed by atoms with van der Waals surface area (Å²) in [5.41, 5.74) is 4.02. The highest BCUT2D eigenvalue weighted by molar-refractivity contribution is 6.08. The van der Waals surface area contributed by atoms with Gasteiger partial charge in [0.05, 0.1) is 0 Å². The van der Waals surface area contributed by atoms with Crippen molar-refractivity contribution in [1.82, 2.24) is 0 Å². The molecule has 1 saturated carbocycles. The normalized spacial score (nSPS) is 8.88. The van der Waals surface area contributed by atoms with E-state index in [4.69, 9.17) is 0 Å². The minimum atomic E-state index is 0.0752. The number of fused-ring (bicyclic) bond motifs is 1. The van der Waals surface area contributed by atoms with Gasteiger partial charge in [0.2, 0.25) is 0 Å². The Morgan fingerprint density at radius 1 is 0.221 bits per heavy atom. The van der Waals surface area contributed by atoms with Gasteiger partial charge in [0.25, 0.3) is 0 Å². The molecule has 1 fully saturated rings. The van der Waals surface area contributed by atoms with Crippen LogP contribution in [0, 0.1) is 0 Å². The average molecular weight is 928 g/mol. The molecule has 0 amide bonds. The molecule has 0 aromatic heterocycles. The number of rotatable bonds is 3. The summed E-state index contributed by atoms with van der Waals surface area (Å²) < 4.78 is 0. The van der Waals surface area contributed by atoms with Gasteiger partial charge in [0.1, 0.15) is 0 Å². The molecular formula is C67H106O. The Kier molecular flexibility index (Phi) is 82.4. The fourth-order valence-electron chi connectivity index (χ4n) is 5.19. The van der Waals surface area contributed by atoms with E-state index in [-0.39, 0.29) is 5.78 Å². The van der Waals surface area contributed by atoms with Gasteiger partial charge in [-0.05, 0) is 21.9 Å². The minimum Gasteiger partial charge on any atom is -0.289 e. The van der Waals surface area contributed by atoms with E-state index in [1.807, 2.05) is 248 Å². The van der Waals surface area contributed by atoms with E-state index in [0.29, 0.717) is 0 Å². The van der Waals surface area contributed by atoms with Crippen molar-refractivity contribution in [3.05, 3.63) is 217 Å². The second-order valence-corrected chi connectivity index (χ2v) is 11.4. The lowest BCUT2D eigenvalue weighted by molar-refractivity contribution is 0.103. The maximum Gasteiger partial charge on any atom is 0.193 e. The van der Waals surface area contributed by atoms with Gasteiger partial charge in [0.15, 0.2) is 5.78 Å². The van der Waals surface area contributed by atoms with E-state index < -0.39 is 0 Å². The predicted molar refractivity (Wildman–Crippen MR) is 320 cm³/mol. The van der Waals surface area contributed by atoms with Crippen LogP contribution < -0.4 is 0 Å². The third kappa shape index (κ3) is 45.6. The molecule has 8 rings (SSSR count). The van der Waals surface area contributed by atoms with Crippen LogP contribution in [0.4, 0.5) is 0 Å². The van der Waals surface area contributed by atoms with Crippen molar-refractivity contribution in [2.75, 3.05) is 0 Å². The van der Waals surface area contributed by atoms with E-state index >= 15 is 0 Å². The lowest BCUT2D eigenvalue weighted by Crippen LogP contribution is -1.99. The van der Waals surface area contributed by atoms with Crippen LogP contribution in [0.2, 0.25) is 0 Å². The SMILES string of the molecule is C1CCCCC1.CC.CC.CC.CC.CC.CC.CC.CC.CC.CC.O=C(c1ccccc1)c1ccccc1.c1ccc(-c2ccccc2)cc1.c1ccc2ccccc2c1.c1ccccc1. The van der Waals surface area contributed by atoms with E-state index in [1.54, 1.807) is 0 Å². The number of hydrogen-bond donors (Lipinski definition) is 0. The van der Waals surface area contributed by atoms with Gasteiger partial charge in [-0.2, -0.15) is 0 Å². The van der Waals surface area contributed by atoms with E-state index in [1.165, 1.54) is 60.4 Å². The molecule has 1 aliphatic rings. The lowest BCUT2D eigenvalue weighted by atomic mass is 10.0. The number of hydrogen-bond acceptors (Lipinski definition) is 1. The van der Waals surface area contributed by atoms with Gasteiger partial charge in [-0.3, -0.25) is 4.79 Å². The molecule has 380 valence electrons. The summed E-state index contributed by atoms with van der Waals surface area (Å²) in [5, 5.41) is 2.62. The van der Waals surface area contributed by atoms with Crippen LogP contribution in [0.5, 0.6) is 0 Å². The second-order valence-electron chi connectivity index (χ2n) is 11.4. The zero-order valence-electron chi connectivity index (χ0n) is 47.8. The topological polar surface area (TPSA) is 17.1 Å². The molecular weight excluding hydrogens is 821 g/mol. The van der Waals surface area contributed by atoms with E-state index in [0.717, 1.165) is 11.1 Å². The van der Waals surface area contributed by atoms with E-state index in [9.17, 15) is 4.79 Å². The first-order valence-corrected chi connectivity index (χ1v) is 27.0. The summed E-state index contributed by atoms with van der Waals surface area (Å²) in [5.74, 6) is 0.0752. The summed E-state index contributed by atoms with van der Waals surface area (Å²) in [6, 6.07) is 68.1. The highest BCUT2D eigenvalue weighted by Gasteiger charge is 2.06. The first-order valence-electron chi connectivity index (χ1n) is 27.0. The lowest BCUT2D eigenvalue weighted by Gasteiger charge is -2.05. The number of benzene rings is 7. The van der Waals surface area contributed by atoms with Crippen molar-refractivity contribution in [1.29, 1.82) is 0 Å². The summed E-state index contributed by atoms with van der Waals surface area (Å²) in [7, 11) is 0. The van der Waals surface area contributed by atoms with Crippen molar-refractivity contribution >= 4 is 16.6 Å². The zero-order valence-corrected chi connectivity index (χ0v) is 47.8. The van der Waals surface area contributed by atoms with Crippen molar-refractivity contribution in [3.8, 4) is 11.1 Å². The van der Waals surface area contributed by atoms with Gasteiger partial charge < -0.3 is 0 Å². The zero-order chi connectivity index (χ0) is 53.3. The Hall–Kier alpha value is -5.53. The maximum atomic E-state index is 11.8. The number of carbonyl (C=O) groups is 1. The quantitative estimate of drug-likeness (QED) is 0.161. The van der Waals surface area contributed by atoms with Crippen molar-refractivity contribution in [3.63, 3.8) is 0 Å². The maximum absolute atomic E-state index is 11.8. The van der Waals surface area contributed by atoms with Crippen LogP contribution in [0.3, 0.4) is 0 Å². The Bertz CT molecular complexity index is 1610. The molecule has 0 bridgehead atoms. The highest BCUT2D eigenvalue weighted by Crippen LogP contribution is 2.17. The molecule has 0 aliphatic heterocycles. The summed E-state index contributed by atoms with van der Waals surface area (Å²) in [6.07, 6.45) is 9.00. The average Bonchev–Trinajstić information content (AvgIpc) is 3.50. The summed E-state index contributed by atoms with van der Waals surface area (Å²) in [6.45, 7) is 40.0. The molecule has 0 saturated heterocycles. The number of ketones is 1. The van der Waals surface area contributed by atoms with E-state index in [2.05, 4.69) is 97.1 Å². The Balaban J connectivity index is -0.000000127. The van der Waals surface area contributed by atoms with Gasteiger partial charge in [-0.15, -0.1) is 0 Å². The molecule has 7 aromatic rings. The molecule has 0 atom stereocenters. The molecule has 0 unspecified atom stereocenters. The van der Waals surface area contributed by atoms with Crippen LogP contribution >= 0.6 is 0 Å². The van der Waals surface area contributed by atoms with Crippen LogP contribution in [0.25, 0.3) is 21.9 Å². The fraction of sp³-hybridized carbons (Fsp3) is 0.388. The minimum absolute atomic E-state index is 0.0752. The Morgan fingerprint density at radius 3 is 0.559 bits per heavy atom. The fourth-order valence-corrected chi connectivity index (χ4v) is 5.19. The van der Waals surface area contributed by atoms with Crippen LogP contribution in [0.15, 0.2) is 206 Å². The third-order valence-electron chi connectivity index (χ3n) is 7.78. The third-order valence-corrected chi connectivity index (χ3v) is 7.78. The van der Waals surface area contributed by atoms with Crippen molar-refractivity contribution < 1.29 is 4.79 Å². The number of carbonyl (C=O) groups excluding carboxylic acids is 1. The first-order chi connectivity index (χ1) is 33.8. The largest absolute Gasteiger partial charge is 0.289 e. The standard InChI is InChI=1S/C13H10O.C12H10.C10H8.C6H12.C6H6.10C2H6/c14-13(11-7-3-1-4-8-11)12-9-5-2-6-10-12;1-3-7-11(8-4-1)12-9-5-2-6-10-12;1-2-6-10-8-4-3-7-9(10)5-1;2*1-2-4-6-5-3-1;10*1-2/h1-10H;1-10H;1-8H;1-6H2;1-6H;10*1-2H3. The smallest absolute Gasteiger partial charge is 0.193 e.